The zero-order valence-electron chi connectivity index (χ0n) is 25.6. The molecule has 3 heterocycles. The van der Waals surface area contributed by atoms with Crippen LogP contribution in [0.1, 0.15) is 0 Å². The van der Waals surface area contributed by atoms with Crippen molar-refractivity contribution < 1.29 is 13.3 Å². The molecule has 0 aliphatic rings. The Kier molecular flexibility index (Phi) is 5.81. The molecular weight excluding hydrogens is 592 g/mol. The molecule has 0 spiro atoms. The number of anilines is 3. The van der Waals surface area contributed by atoms with E-state index in [0.717, 1.165) is 83.1 Å². The normalized spacial score (nSPS) is 11.8. The van der Waals surface area contributed by atoms with Crippen molar-refractivity contribution in [1.82, 2.24) is 4.98 Å². The third-order valence-corrected chi connectivity index (χ3v) is 9.09. The molecule has 226 valence electrons. The molecule has 0 saturated carbocycles. The molecular formula is C43H26N2O3. The minimum Gasteiger partial charge on any atom is -0.456 e. The van der Waals surface area contributed by atoms with Crippen molar-refractivity contribution in [2.24, 2.45) is 0 Å². The Balaban J connectivity index is 1.29. The summed E-state index contributed by atoms with van der Waals surface area (Å²) in [4.78, 5) is 7.26. The van der Waals surface area contributed by atoms with E-state index in [1.807, 2.05) is 78.9 Å². The van der Waals surface area contributed by atoms with E-state index in [9.17, 15) is 0 Å². The lowest BCUT2D eigenvalue weighted by molar-refractivity contribution is 0.618. The van der Waals surface area contributed by atoms with Gasteiger partial charge in [-0.3, -0.25) is 0 Å². The van der Waals surface area contributed by atoms with Gasteiger partial charge in [-0.25, -0.2) is 4.98 Å². The fraction of sp³-hybridized carbons (Fsp3) is 0. The Morgan fingerprint density at radius 1 is 0.396 bits per heavy atom. The van der Waals surface area contributed by atoms with Gasteiger partial charge in [0.15, 0.2) is 11.2 Å². The average molecular weight is 619 g/mol. The molecule has 0 N–H and O–H groups in total. The molecule has 0 fully saturated rings. The maximum atomic E-state index is 6.72. The highest BCUT2D eigenvalue weighted by Crippen LogP contribution is 2.48. The van der Waals surface area contributed by atoms with Gasteiger partial charge in [-0.2, -0.15) is 0 Å². The fourth-order valence-corrected chi connectivity index (χ4v) is 6.83. The SMILES string of the molecule is c1ccc(-c2ccc(N(c3ccc4oc5ccccc5c4c3)c3c4oc(-c5ccccc5)nc4cc4c3oc3ccccc34)cc2)cc1. The predicted molar refractivity (Wildman–Crippen MR) is 194 cm³/mol. The molecule has 3 aromatic heterocycles. The number of furan rings is 2. The summed E-state index contributed by atoms with van der Waals surface area (Å²) >= 11 is 0. The minimum absolute atomic E-state index is 0.555. The lowest BCUT2D eigenvalue weighted by Gasteiger charge is -2.25. The number of oxazole rings is 1. The summed E-state index contributed by atoms with van der Waals surface area (Å²) in [5.41, 5.74) is 10.5. The molecule has 0 aliphatic heterocycles. The first kappa shape index (κ1) is 26.6. The van der Waals surface area contributed by atoms with Gasteiger partial charge in [-0.1, -0.05) is 97.1 Å². The maximum Gasteiger partial charge on any atom is 0.227 e. The van der Waals surface area contributed by atoms with Crippen LogP contribution in [-0.2, 0) is 0 Å². The van der Waals surface area contributed by atoms with Crippen LogP contribution in [-0.4, -0.2) is 4.98 Å². The Morgan fingerprint density at radius 2 is 0.979 bits per heavy atom. The molecule has 5 nitrogen and oxygen atoms in total. The molecule has 0 unspecified atom stereocenters. The minimum atomic E-state index is 0.555. The number of para-hydroxylation sites is 2. The van der Waals surface area contributed by atoms with Gasteiger partial charge < -0.3 is 18.2 Å². The molecule has 7 aromatic carbocycles. The van der Waals surface area contributed by atoms with Crippen molar-refractivity contribution in [2.75, 3.05) is 4.90 Å². The summed E-state index contributed by atoms with van der Waals surface area (Å²) in [7, 11) is 0. The highest BCUT2D eigenvalue weighted by Gasteiger charge is 2.27. The van der Waals surface area contributed by atoms with Crippen molar-refractivity contribution in [1.29, 1.82) is 0 Å². The van der Waals surface area contributed by atoms with Crippen LogP contribution in [0.3, 0.4) is 0 Å². The number of fused-ring (bicyclic) bond motifs is 7. The first-order chi connectivity index (χ1) is 23.8. The number of hydrogen-bond donors (Lipinski definition) is 0. The van der Waals surface area contributed by atoms with Crippen LogP contribution in [0.15, 0.2) is 171 Å². The number of nitrogens with zero attached hydrogens (tertiary/aromatic N) is 2. The molecule has 10 rings (SSSR count). The van der Waals surface area contributed by atoms with E-state index in [2.05, 4.69) is 83.8 Å². The number of benzene rings is 7. The molecule has 5 heteroatoms. The predicted octanol–water partition coefficient (Wildman–Crippen LogP) is 12.4. The van der Waals surface area contributed by atoms with E-state index in [4.69, 9.17) is 18.2 Å². The maximum absolute atomic E-state index is 6.72. The lowest BCUT2D eigenvalue weighted by Crippen LogP contribution is -2.10. The zero-order valence-corrected chi connectivity index (χ0v) is 25.6. The molecule has 48 heavy (non-hydrogen) atoms. The molecule has 0 amide bonds. The molecule has 0 bridgehead atoms. The van der Waals surface area contributed by atoms with Crippen molar-refractivity contribution in [3.63, 3.8) is 0 Å². The van der Waals surface area contributed by atoms with Crippen LogP contribution >= 0.6 is 0 Å². The van der Waals surface area contributed by atoms with E-state index < -0.39 is 0 Å². The lowest BCUT2D eigenvalue weighted by atomic mass is 10.0. The summed E-state index contributed by atoms with van der Waals surface area (Å²) in [5, 5.41) is 4.09. The second-order valence-corrected chi connectivity index (χ2v) is 12.0. The van der Waals surface area contributed by atoms with Gasteiger partial charge in [-0.05, 0) is 71.8 Å². The quantitative estimate of drug-likeness (QED) is 0.192. The van der Waals surface area contributed by atoms with Crippen molar-refractivity contribution in [2.45, 2.75) is 0 Å². The molecule has 0 aliphatic carbocycles. The van der Waals surface area contributed by atoms with Crippen LogP contribution in [0.4, 0.5) is 17.1 Å². The Morgan fingerprint density at radius 3 is 1.73 bits per heavy atom. The first-order valence-electron chi connectivity index (χ1n) is 16.0. The first-order valence-corrected chi connectivity index (χ1v) is 16.0. The molecule has 10 aromatic rings. The highest BCUT2D eigenvalue weighted by molar-refractivity contribution is 6.18. The van der Waals surface area contributed by atoms with E-state index in [1.165, 1.54) is 0 Å². The van der Waals surface area contributed by atoms with Gasteiger partial charge in [0.25, 0.3) is 0 Å². The van der Waals surface area contributed by atoms with Gasteiger partial charge in [0, 0.05) is 38.5 Å². The third-order valence-electron chi connectivity index (χ3n) is 9.09. The standard InChI is InChI=1S/C43H26N2O3/c1-3-11-27(12-4-1)28-19-21-30(22-20-28)45(31-23-24-39-34(25-31)32-15-7-9-17-37(32)46-39)40-41-35(33-16-8-10-18-38(33)47-41)26-36-42(40)48-43(44-36)29-13-5-2-6-14-29/h1-26H. The average Bonchev–Trinajstić information content (AvgIpc) is 3.86. The van der Waals surface area contributed by atoms with Crippen LogP contribution in [0, 0.1) is 0 Å². The van der Waals surface area contributed by atoms with E-state index >= 15 is 0 Å². The Hall–Kier alpha value is -6.59. The monoisotopic (exact) mass is 618 g/mol. The Bertz CT molecular complexity index is 2770. The third kappa shape index (κ3) is 4.15. The van der Waals surface area contributed by atoms with E-state index in [0.29, 0.717) is 11.5 Å². The van der Waals surface area contributed by atoms with Crippen LogP contribution in [0.2, 0.25) is 0 Å². The van der Waals surface area contributed by atoms with Crippen molar-refractivity contribution >= 4 is 72.0 Å². The molecule has 0 radical (unpaired) electrons. The van der Waals surface area contributed by atoms with Crippen LogP contribution in [0.5, 0.6) is 0 Å². The summed E-state index contributed by atoms with van der Waals surface area (Å²) in [6.45, 7) is 0. The number of hydrogen-bond acceptors (Lipinski definition) is 5. The largest absolute Gasteiger partial charge is 0.456 e. The van der Waals surface area contributed by atoms with Gasteiger partial charge >= 0.3 is 0 Å². The van der Waals surface area contributed by atoms with Gasteiger partial charge in [-0.15, -0.1) is 0 Å². The second-order valence-electron chi connectivity index (χ2n) is 12.0. The molecule has 0 saturated heterocycles. The summed E-state index contributed by atoms with van der Waals surface area (Å²) in [5.74, 6) is 0.555. The second kappa shape index (κ2) is 10.5. The topological polar surface area (TPSA) is 55.6 Å². The van der Waals surface area contributed by atoms with Gasteiger partial charge in [0.05, 0.1) is 0 Å². The van der Waals surface area contributed by atoms with E-state index in [1.54, 1.807) is 0 Å². The summed E-state index contributed by atoms with van der Waals surface area (Å²) < 4.78 is 19.7. The van der Waals surface area contributed by atoms with Crippen molar-refractivity contribution in [3.8, 4) is 22.6 Å². The molecule has 0 atom stereocenters. The van der Waals surface area contributed by atoms with E-state index in [-0.39, 0.29) is 0 Å². The number of rotatable bonds is 5. The number of aromatic nitrogens is 1. The smallest absolute Gasteiger partial charge is 0.227 e. The van der Waals surface area contributed by atoms with Crippen molar-refractivity contribution in [3.05, 3.63) is 158 Å². The highest BCUT2D eigenvalue weighted by atomic mass is 16.4. The zero-order chi connectivity index (χ0) is 31.6. The van der Waals surface area contributed by atoms with Crippen LogP contribution in [0.25, 0.3) is 77.6 Å². The Labute approximate surface area is 274 Å². The van der Waals surface area contributed by atoms with Gasteiger partial charge in [0.2, 0.25) is 5.89 Å². The summed E-state index contributed by atoms with van der Waals surface area (Å²) in [6.07, 6.45) is 0. The fourth-order valence-electron chi connectivity index (χ4n) is 6.83. The van der Waals surface area contributed by atoms with Crippen LogP contribution < -0.4 is 4.90 Å². The van der Waals surface area contributed by atoms with Gasteiger partial charge in [0.1, 0.15) is 28.0 Å². The summed E-state index contributed by atoms with van der Waals surface area (Å²) in [6, 6.07) is 53.8.